The molecule has 1 aromatic heterocycles. The Morgan fingerprint density at radius 2 is 2.04 bits per heavy atom. The standard InChI is InChI=1S/C16H21N3O4S/c1-22-16(21)14-4-3-13(24-14)15(20)19(6-2-5-17)8-7-18-9-11-23-12-10-18/h3-4H,2,6-12H2,1H3. The fourth-order valence-electron chi connectivity index (χ4n) is 2.41. The molecule has 1 aliphatic heterocycles. The Hall–Kier alpha value is -1.95. The molecular formula is C16H21N3O4S. The van der Waals surface area contributed by atoms with Crippen LogP contribution in [0.5, 0.6) is 0 Å². The second kappa shape index (κ2) is 9.37. The van der Waals surface area contributed by atoms with Crippen molar-refractivity contribution in [3.8, 4) is 6.07 Å². The predicted octanol–water partition coefficient (Wildman–Crippen LogP) is 1.22. The molecule has 0 radical (unpaired) electrons. The number of carbonyl (C=O) groups is 2. The van der Waals surface area contributed by atoms with Crippen LogP contribution in [0.3, 0.4) is 0 Å². The van der Waals surface area contributed by atoms with Gasteiger partial charge in [-0.05, 0) is 12.1 Å². The molecule has 7 nitrogen and oxygen atoms in total. The summed E-state index contributed by atoms with van der Waals surface area (Å²) in [7, 11) is 1.31. The summed E-state index contributed by atoms with van der Waals surface area (Å²) in [6, 6.07) is 5.30. The van der Waals surface area contributed by atoms with Crippen molar-refractivity contribution in [2.24, 2.45) is 0 Å². The third kappa shape index (κ3) is 5.03. The van der Waals surface area contributed by atoms with E-state index in [2.05, 4.69) is 15.7 Å². The van der Waals surface area contributed by atoms with Crippen LogP contribution >= 0.6 is 11.3 Å². The summed E-state index contributed by atoms with van der Waals surface area (Å²) in [6.07, 6.45) is 0.282. The number of hydrogen-bond donors (Lipinski definition) is 0. The minimum absolute atomic E-state index is 0.154. The molecule has 0 atom stereocenters. The van der Waals surface area contributed by atoms with Gasteiger partial charge in [0.15, 0.2) is 0 Å². The number of hydrogen-bond acceptors (Lipinski definition) is 7. The van der Waals surface area contributed by atoms with E-state index in [9.17, 15) is 9.59 Å². The second-order valence-electron chi connectivity index (χ2n) is 5.31. The number of ether oxygens (including phenoxy) is 2. The monoisotopic (exact) mass is 351 g/mol. The van der Waals surface area contributed by atoms with E-state index in [1.807, 2.05) is 0 Å². The first-order valence-electron chi connectivity index (χ1n) is 7.80. The van der Waals surface area contributed by atoms with Crippen LogP contribution in [-0.4, -0.2) is 74.7 Å². The van der Waals surface area contributed by atoms with Crippen molar-refractivity contribution >= 4 is 23.2 Å². The molecule has 0 N–H and O–H groups in total. The van der Waals surface area contributed by atoms with Gasteiger partial charge in [-0.25, -0.2) is 4.79 Å². The molecule has 2 rings (SSSR count). The van der Waals surface area contributed by atoms with E-state index < -0.39 is 5.97 Å². The maximum absolute atomic E-state index is 12.7. The van der Waals surface area contributed by atoms with Crippen molar-refractivity contribution in [2.45, 2.75) is 6.42 Å². The van der Waals surface area contributed by atoms with Gasteiger partial charge >= 0.3 is 5.97 Å². The van der Waals surface area contributed by atoms with E-state index in [1.54, 1.807) is 17.0 Å². The van der Waals surface area contributed by atoms with Crippen molar-refractivity contribution in [2.75, 3.05) is 53.0 Å². The summed E-state index contributed by atoms with van der Waals surface area (Å²) in [5, 5.41) is 8.82. The highest BCUT2D eigenvalue weighted by atomic mass is 32.1. The molecule has 1 aliphatic rings. The van der Waals surface area contributed by atoms with Crippen LogP contribution in [0, 0.1) is 11.3 Å². The summed E-state index contributed by atoms with van der Waals surface area (Å²) in [5.74, 6) is -0.602. The van der Waals surface area contributed by atoms with Crippen molar-refractivity contribution in [1.82, 2.24) is 9.80 Å². The van der Waals surface area contributed by atoms with Gasteiger partial charge < -0.3 is 14.4 Å². The van der Waals surface area contributed by atoms with Crippen LogP contribution < -0.4 is 0 Å². The number of carbonyl (C=O) groups excluding carboxylic acids is 2. The molecule has 8 heteroatoms. The van der Waals surface area contributed by atoms with Gasteiger partial charge in [0.05, 0.1) is 37.7 Å². The zero-order valence-corrected chi connectivity index (χ0v) is 14.5. The number of rotatable bonds is 7. The Bertz CT molecular complexity index is 605. The highest BCUT2D eigenvalue weighted by molar-refractivity contribution is 7.15. The minimum atomic E-state index is -0.448. The van der Waals surface area contributed by atoms with Crippen molar-refractivity contribution in [3.05, 3.63) is 21.9 Å². The smallest absolute Gasteiger partial charge is 0.348 e. The molecule has 2 heterocycles. The quantitative estimate of drug-likeness (QED) is 0.687. The highest BCUT2D eigenvalue weighted by Gasteiger charge is 2.21. The molecule has 130 valence electrons. The van der Waals surface area contributed by atoms with Gasteiger partial charge in [-0.3, -0.25) is 9.69 Å². The van der Waals surface area contributed by atoms with Gasteiger partial charge in [0, 0.05) is 32.7 Å². The molecule has 0 aromatic carbocycles. The number of nitrogens with zero attached hydrogens (tertiary/aromatic N) is 3. The lowest BCUT2D eigenvalue weighted by molar-refractivity contribution is 0.0326. The summed E-state index contributed by atoms with van der Waals surface area (Å²) in [6.45, 7) is 4.80. The first-order chi connectivity index (χ1) is 11.7. The first-order valence-corrected chi connectivity index (χ1v) is 8.62. The lowest BCUT2D eigenvalue weighted by atomic mass is 10.3. The Labute approximate surface area is 145 Å². The third-order valence-electron chi connectivity index (χ3n) is 3.77. The molecule has 24 heavy (non-hydrogen) atoms. The van der Waals surface area contributed by atoms with Gasteiger partial charge in [0.1, 0.15) is 4.88 Å². The van der Waals surface area contributed by atoms with E-state index in [4.69, 9.17) is 10.00 Å². The lowest BCUT2D eigenvalue weighted by Gasteiger charge is -2.29. The Balaban J connectivity index is 1.99. The van der Waals surface area contributed by atoms with Gasteiger partial charge in [-0.1, -0.05) is 0 Å². The fourth-order valence-corrected chi connectivity index (χ4v) is 3.30. The van der Waals surface area contributed by atoms with Crippen molar-refractivity contribution in [1.29, 1.82) is 5.26 Å². The predicted molar refractivity (Wildman–Crippen MR) is 89.1 cm³/mol. The van der Waals surface area contributed by atoms with E-state index in [0.717, 1.165) is 31.0 Å². The number of thiophene rings is 1. The molecule has 0 unspecified atom stereocenters. The average Bonchev–Trinajstić information content (AvgIpc) is 3.11. The molecule has 0 aliphatic carbocycles. The summed E-state index contributed by atoms with van der Waals surface area (Å²) >= 11 is 1.11. The highest BCUT2D eigenvalue weighted by Crippen LogP contribution is 2.19. The van der Waals surface area contributed by atoms with Crippen LogP contribution in [0.15, 0.2) is 12.1 Å². The SMILES string of the molecule is COC(=O)c1ccc(C(=O)N(CCC#N)CCN2CCOCC2)s1. The zero-order valence-electron chi connectivity index (χ0n) is 13.7. The molecule has 0 spiro atoms. The Kier molecular flexibility index (Phi) is 7.18. The Morgan fingerprint density at radius 1 is 1.33 bits per heavy atom. The van der Waals surface area contributed by atoms with Gasteiger partial charge in [0.25, 0.3) is 5.91 Å². The van der Waals surface area contributed by atoms with Crippen molar-refractivity contribution < 1.29 is 19.1 Å². The van der Waals surface area contributed by atoms with E-state index in [-0.39, 0.29) is 12.3 Å². The van der Waals surface area contributed by atoms with Crippen LogP contribution in [0.2, 0.25) is 0 Å². The Morgan fingerprint density at radius 3 is 2.71 bits per heavy atom. The van der Waals surface area contributed by atoms with Crippen LogP contribution in [0.25, 0.3) is 0 Å². The maximum Gasteiger partial charge on any atom is 0.348 e. The summed E-state index contributed by atoms with van der Waals surface area (Å²) < 4.78 is 9.98. The average molecular weight is 351 g/mol. The van der Waals surface area contributed by atoms with Crippen LogP contribution in [0.1, 0.15) is 25.8 Å². The molecule has 1 fully saturated rings. The summed E-state index contributed by atoms with van der Waals surface area (Å²) in [5.41, 5.74) is 0. The molecule has 1 amide bonds. The van der Waals surface area contributed by atoms with Crippen molar-refractivity contribution in [3.63, 3.8) is 0 Å². The first kappa shape index (κ1) is 18.4. The van der Waals surface area contributed by atoms with E-state index in [0.29, 0.717) is 36.1 Å². The number of methoxy groups -OCH3 is 1. The third-order valence-corrected chi connectivity index (χ3v) is 4.83. The topological polar surface area (TPSA) is 82.9 Å². The van der Waals surface area contributed by atoms with E-state index >= 15 is 0 Å². The minimum Gasteiger partial charge on any atom is -0.465 e. The maximum atomic E-state index is 12.7. The molecule has 0 bridgehead atoms. The number of morpholine rings is 1. The fraction of sp³-hybridized carbons (Fsp3) is 0.562. The molecule has 0 saturated carbocycles. The second-order valence-corrected chi connectivity index (χ2v) is 6.39. The van der Waals surface area contributed by atoms with E-state index in [1.165, 1.54) is 7.11 Å². The molecule has 1 saturated heterocycles. The number of nitriles is 1. The summed E-state index contributed by atoms with van der Waals surface area (Å²) in [4.78, 5) is 29.0. The van der Waals surface area contributed by atoms with Crippen LogP contribution in [0.4, 0.5) is 0 Å². The molecular weight excluding hydrogens is 330 g/mol. The zero-order chi connectivity index (χ0) is 17.4. The number of amides is 1. The normalized spacial score (nSPS) is 14.8. The number of esters is 1. The van der Waals surface area contributed by atoms with Gasteiger partial charge in [0.2, 0.25) is 0 Å². The lowest BCUT2D eigenvalue weighted by Crippen LogP contribution is -2.43. The largest absolute Gasteiger partial charge is 0.465 e. The van der Waals surface area contributed by atoms with Crippen LogP contribution in [-0.2, 0) is 9.47 Å². The van der Waals surface area contributed by atoms with Gasteiger partial charge in [-0.15, -0.1) is 11.3 Å². The van der Waals surface area contributed by atoms with Gasteiger partial charge in [-0.2, -0.15) is 5.26 Å². The molecule has 1 aromatic rings.